The molecule has 0 aliphatic carbocycles. The molecule has 1 atom stereocenters. The van der Waals surface area contributed by atoms with Crippen LogP contribution in [0.5, 0.6) is 0 Å². The summed E-state index contributed by atoms with van der Waals surface area (Å²) in [5.74, 6) is 2.42. The highest BCUT2D eigenvalue weighted by Crippen LogP contribution is 2.39. The maximum absolute atomic E-state index is 12.7. The molecule has 1 heterocycles. The summed E-state index contributed by atoms with van der Waals surface area (Å²) in [4.78, 5) is 0.0455. The minimum absolute atomic E-state index is 0.0455. The molecule has 0 aromatic heterocycles. The van der Waals surface area contributed by atoms with Crippen molar-refractivity contribution in [2.75, 3.05) is 11.4 Å². The number of fused-ring (bicyclic) bond motifs is 2. The van der Waals surface area contributed by atoms with Crippen LogP contribution >= 0.6 is 0 Å². The summed E-state index contributed by atoms with van der Waals surface area (Å²) in [6, 6.07) is 11.5. The lowest BCUT2D eigenvalue weighted by atomic mass is 9.99. The molecular formula is C16H13NO3S. The Morgan fingerprint density at radius 1 is 1.19 bits per heavy atom. The fourth-order valence-electron chi connectivity index (χ4n) is 2.52. The normalized spacial score (nSPS) is 19.1. The van der Waals surface area contributed by atoms with Gasteiger partial charge in [0.2, 0.25) is 0 Å². The standard InChI is InChI=1S/C16H13NO3S/c1-3-11-8-9-13-15(10-11)21(19,20)17(2)14-7-5-4-6-12(14)16(13)18/h1,4-10,16,18H,2H3. The molecule has 3 rings (SSSR count). The molecule has 0 radical (unpaired) electrons. The maximum Gasteiger partial charge on any atom is 0.264 e. The van der Waals surface area contributed by atoms with E-state index in [9.17, 15) is 13.5 Å². The van der Waals surface area contributed by atoms with Gasteiger partial charge in [0.05, 0.1) is 10.6 Å². The van der Waals surface area contributed by atoms with E-state index >= 15 is 0 Å². The molecule has 0 fully saturated rings. The molecule has 1 N–H and O–H groups in total. The van der Waals surface area contributed by atoms with Crippen molar-refractivity contribution in [1.82, 2.24) is 0 Å². The molecule has 2 aromatic carbocycles. The van der Waals surface area contributed by atoms with Gasteiger partial charge in [-0.15, -0.1) is 6.42 Å². The van der Waals surface area contributed by atoms with Crippen LogP contribution in [-0.4, -0.2) is 20.6 Å². The van der Waals surface area contributed by atoms with E-state index in [0.717, 1.165) is 0 Å². The first-order valence-electron chi connectivity index (χ1n) is 6.33. The molecule has 5 heteroatoms. The van der Waals surface area contributed by atoms with Crippen LogP contribution in [0.1, 0.15) is 22.8 Å². The highest BCUT2D eigenvalue weighted by molar-refractivity contribution is 7.92. The number of terminal acetylenes is 1. The smallest absolute Gasteiger partial charge is 0.264 e. The van der Waals surface area contributed by atoms with Gasteiger partial charge in [0.15, 0.2) is 0 Å². The van der Waals surface area contributed by atoms with Gasteiger partial charge >= 0.3 is 0 Å². The number of aliphatic hydroxyl groups excluding tert-OH is 1. The third-order valence-electron chi connectivity index (χ3n) is 3.68. The number of anilines is 1. The molecule has 106 valence electrons. The van der Waals surface area contributed by atoms with E-state index in [-0.39, 0.29) is 4.90 Å². The monoisotopic (exact) mass is 299 g/mol. The summed E-state index contributed by atoms with van der Waals surface area (Å²) < 4.78 is 26.7. The molecule has 4 nitrogen and oxygen atoms in total. The minimum Gasteiger partial charge on any atom is -0.384 e. The van der Waals surface area contributed by atoms with Crippen molar-refractivity contribution in [3.63, 3.8) is 0 Å². The molecular weight excluding hydrogens is 286 g/mol. The van der Waals surface area contributed by atoms with E-state index < -0.39 is 16.1 Å². The number of nitrogens with zero attached hydrogens (tertiary/aromatic N) is 1. The average molecular weight is 299 g/mol. The summed E-state index contributed by atoms with van der Waals surface area (Å²) in [6.07, 6.45) is 4.33. The first-order valence-corrected chi connectivity index (χ1v) is 7.77. The molecule has 1 aliphatic heterocycles. The van der Waals surface area contributed by atoms with Crippen molar-refractivity contribution in [3.05, 3.63) is 59.2 Å². The summed E-state index contributed by atoms with van der Waals surface area (Å²) >= 11 is 0. The molecule has 0 spiro atoms. The highest BCUT2D eigenvalue weighted by Gasteiger charge is 2.34. The zero-order valence-corrected chi connectivity index (χ0v) is 12.1. The van der Waals surface area contributed by atoms with E-state index in [0.29, 0.717) is 22.4 Å². The predicted molar refractivity (Wildman–Crippen MR) is 80.5 cm³/mol. The first-order chi connectivity index (χ1) is 9.96. The number of hydrogen-bond donors (Lipinski definition) is 1. The topological polar surface area (TPSA) is 57.6 Å². The van der Waals surface area contributed by atoms with Crippen molar-refractivity contribution in [2.24, 2.45) is 0 Å². The molecule has 0 bridgehead atoms. The second-order valence-corrected chi connectivity index (χ2v) is 6.77. The summed E-state index contributed by atoms with van der Waals surface area (Å²) in [6.45, 7) is 0. The maximum atomic E-state index is 12.7. The van der Waals surface area contributed by atoms with Crippen LogP contribution in [0.4, 0.5) is 5.69 Å². The first kappa shape index (κ1) is 13.7. The Hall–Kier alpha value is -2.29. The zero-order chi connectivity index (χ0) is 15.2. The average Bonchev–Trinajstić information content (AvgIpc) is 2.57. The molecule has 21 heavy (non-hydrogen) atoms. The van der Waals surface area contributed by atoms with Gasteiger partial charge in [-0.05, 0) is 18.2 Å². The largest absolute Gasteiger partial charge is 0.384 e. The van der Waals surface area contributed by atoms with Crippen LogP contribution in [0.15, 0.2) is 47.4 Å². The van der Waals surface area contributed by atoms with E-state index in [1.165, 1.54) is 17.4 Å². The highest BCUT2D eigenvalue weighted by atomic mass is 32.2. The van der Waals surface area contributed by atoms with Gasteiger partial charge < -0.3 is 5.11 Å². The van der Waals surface area contributed by atoms with Gasteiger partial charge in [0.1, 0.15) is 6.10 Å². The van der Waals surface area contributed by atoms with Crippen LogP contribution < -0.4 is 4.31 Å². The Bertz CT molecular complexity index is 865. The van der Waals surface area contributed by atoms with Gasteiger partial charge in [-0.2, -0.15) is 0 Å². The van der Waals surface area contributed by atoms with Crippen LogP contribution in [0.2, 0.25) is 0 Å². The number of benzene rings is 2. The molecule has 0 amide bonds. The Balaban J connectivity index is 2.40. The number of sulfonamides is 1. The molecule has 0 saturated heterocycles. The van der Waals surface area contributed by atoms with Crippen molar-refractivity contribution in [2.45, 2.75) is 11.0 Å². The van der Waals surface area contributed by atoms with E-state index in [2.05, 4.69) is 5.92 Å². The number of hydrogen-bond acceptors (Lipinski definition) is 3. The number of aliphatic hydroxyl groups is 1. The van der Waals surface area contributed by atoms with E-state index in [1.54, 1.807) is 36.4 Å². The Morgan fingerprint density at radius 2 is 1.90 bits per heavy atom. The van der Waals surface area contributed by atoms with E-state index in [1.807, 2.05) is 0 Å². The van der Waals surface area contributed by atoms with Crippen LogP contribution in [0, 0.1) is 12.3 Å². The molecule has 1 unspecified atom stereocenters. The van der Waals surface area contributed by atoms with Crippen LogP contribution in [-0.2, 0) is 10.0 Å². The minimum atomic E-state index is -3.76. The Kier molecular flexibility index (Phi) is 3.01. The third-order valence-corrected chi connectivity index (χ3v) is 5.51. The van der Waals surface area contributed by atoms with Crippen LogP contribution in [0.25, 0.3) is 0 Å². The summed E-state index contributed by atoms with van der Waals surface area (Å²) in [5, 5.41) is 10.6. The quantitative estimate of drug-likeness (QED) is 0.756. The number of para-hydroxylation sites is 1. The van der Waals surface area contributed by atoms with Gasteiger partial charge in [0.25, 0.3) is 10.0 Å². The number of rotatable bonds is 0. The van der Waals surface area contributed by atoms with Crippen molar-refractivity contribution < 1.29 is 13.5 Å². The van der Waals surface area contributed by atoms with Crippen molar-refractivity contribution in [3.8, 4) is 12.3 Å². The zero-order valence-electron chi connectivity index (χ0n) is 11.3. The van der Waals surface area contributed by atoms with Gasteiger partial charge in [-0.1, -0.05) is 30.2 Å². The SMILES string of the molecule is C#Cc1ccc2c(c1)S(=O)(=O)N(C)c1ccccc1C2O. The predicted octanol–water partition coefficient (Wildman–Crippen LogP) is 1.89. The Morgan fingerprint density at radius 3 is 2.62 bits per heavy atom. The summed E-state index contributed by atoms with van der Waals surface area (Å²) in [7, 11) is -2.29. The van der Waals surface area contributed by atoms with Crippen molar-refractivity contribution in [1.29, 1.82) is 0 Å². The van der Waals surface area contributed by atoms with Gasteiger partial charge in [0, 0.05) is 23.7 Å². The van der Waals surface area contributed by atoms with Crippen LogP contribution in [0.3, 0.4) is 0 Å². The second kappa shape index (κ2) is 4.62. The fourth-order valence-corrected chi connectivity index (χ4v) is 4.00. The lowest BCUT2D eigenvalue weighted by molar-refractivity contribution is 0.218. The molecule has 0 saturated carbocycles. The lowest BCUT2D eigenvalue weighted by Crippen LogP contribution is -2.26. The van der Waals surface area contributed by atoms with Gasteiger partial charge in [-0.25, -0.2) is 8.42 Å². The second-order valence-electron chi connectivity index (χ2n) is 4.83. The lowest BCUT2D eigenvalue weighted by Gasteiger charge is -2.19. The Labute approximate surface area is 123 Å². The molecule has 1 aliphatic rings. The summed E-state index contributed by atoms with van der Waals surface area (Å²) in [5.41, 5.74) is 1.81. The third kappa shape index (κ3) is 1.92. The van der Waals surface area contributed by atoms with E-state index in [4.69, 9.17) is 6.42 Å². The van der Waals surface area contributed by atoms with Crippen molar-refractivity contribution >= 4 is 15.7 Å². The van der Waals surface area contributed by atoms with Gasteiger partial charge in [-0.3, -0.25) is 4.31 Å². The molecule has 2 aromatic rings. The fraction of sp³-hybridized carbons (Fsp3) is 0.125.